The van der Waals surface area contributed by atoms with Gasteiger partial charge in [0, 0.05) is 44.3 Å². The van der Waals surface area contributed by atoms with Crippen LogP contribution in [0, 0.1) is 0 Å². The zero-order chi connectivity index (χ0) is 51.4. The molecule has 0 bridgehead atoms. The quantitative estimate of drug-likeness (QED) is 0.144. The highest BCUT2D eigenvalue weighted by Crippen LogP contribution is 2.70. The molecule has 16 rings (SSSR count). The van der Waals surface area contributed by atoms with Crippen molar-refractivity contribution in [2.45, 2.75) is 10.8 Å². The minimum Gasteiger partial charge on any atom is -0.454 e. The average Bonchev–Trinajstić information content (AvgIpc) is 4.32. The lowest BCUT2D eigenvalue weighted by Gasteiger charge is -2.51. The monoisotopic (exact) mass is 996 g/mol. The number of furan rings is 2. The average molecular weight is 997 g/mol. The van der Waals surface area contributed by atoms with Gasteiger partial charge in [0.1, 0.15) is 11.2 Å². The molecule has 2 aliphatic carbocycles. The number of rotatable bonds is 9. The summed E-state index contributed by atoms with van der Waals surface area (Å²) >= 11 is 0. The predicted molar refractivity (Wildman–Crippen MR) is 320 cm³/mol. The van der Waals surface area contributed by atoms with Crippen LogP contribution in [0.15, 0.2) is 300 Å². The lowest BCUT2D eigenvalue weighted by molar-refractivity contribution is 0.437. The van der Waals surface area contributed by atoms with E-state index < -0.39 is 10.8 Å². The van der Waals surface area contributed by atoms with Crippen LogP contribution in [0.2, 0.25) is 0 Å². The number of benzene rings is 12. The molecule has 14 aromatic rings. The smallest absolute Gasteiger partial charge is 0.159 e. The number of fused-ring (bicyclic) bond motifs is 12. The summed E-state index contributed by atoms with van der Waals surface area (Å²) in [5.41, 5.74) is 19.9. The topological polar surface area (TPSA) is 32.8 Å². The molecule has 78 heavy (non-hydrogen) atoms. The molecule has 2 heterocycles. The highest BCUT2D eigenvalue weighted by molar-refractivity contribution is 6.12. The molecule has 0 saturated carbocycles. The SMILES string of the molecule is c1ccc(N(c2ccc3c(c2)C(c2ccccc2)(C2(c4ccccc4)c4ccccc4-c4ccc(N(c5ccccc5)c5cccc6c5oc5ccccc56)cc42)c2ccccc2-3)c2cccc3c2oc2ccccc23)cc1. The molecule has 0 N–H and O–H groups in total. The van der Waals surface area contributed by atoms with E-state index in [4.69, 9.17) is 8.83 Å². The van der Waals surface area contributed by atoms with Crippen LogP contribution < -0.4 is 9.80 Å². The van der Waals surface area contributed by atoms with Crippen LogP contribution in [0.1, 0.15) is 33.4 Å². The fourth-order valence-electron chi connectivity index (χ4n) is 13.9. The highest BCUT2D eigenvalue weighted by Gasteiger charge is 2.64. The standard InChI is InChI=1S/C74H48N2O2/c1-5-23-49(24-6-1)73(63-37-17-13-31-55(63)57-45-43-53(47-65(57)73)75(51-27-9-3-10-28-51)67-39-21-35-61-59-33-15-19-41-69(59)77-71(61)67)74(50-25-7-2-8-26-50)64-38-18-14-32-56(64)58-46-44-54(48-66(58)74)76(52-29-11-4-12-30-52)68-40-22-36-62-60-34-16-20-42-70(60)78-72(62)68/h1-48H. The van der Waals surface area contributed by atoms with Gasteiger partial charge in [-0.2, -0.15) is 0 Å². The fourth-order valence-corrected chi connectivity index (χ4v) is 13.9. The van der Waals surface area contributed by atoms with Crippen molar-refractivity contribution in [1.29, 1.82) is 0 Å². The second-order valence-electron chi connectivity index (χ2n) is 20.6. The van der Waals surface area contributed by atoms with Gasteiger partial charge in [-0.3, -0.25) is 0 Å². The summed E-state index contributed by atoms with van der Waals surface area (Å²) in [6.07, 6.45) is 0. The molecule has 2 unspecified atom stereocenters. The second kappa shape index (κ2) is 17.2. The van der Waals surface area contributed by atoms with Gasteiger partial charge in [-0.05, 0) is 128 Å². The zero-order valence-corrected chi connectivity index (χ0v) is 42.4. The van der Waals surface area contributed by atoms with E-state index in [1.165, 1.54) is 55.6 Å². The van der Waals surface area contributed by atoms with E-state index in [1.807, 2.05) is 12.1 Å². The third kappa shape index (κ3) is 6.11. The van der Waals surface area contributed by atoms with E-state index in [0.29, 0.717) is 0 Å². The van der Waals surface area contributed by atoms with Gasteiger partial charge in [0.25, 0.3) is 0 Å². The Labute approximate surface area is 451 Å². The van der Waals surface area contributed by atoms with Gasteiger partial charge in [-0.15, -0.1) is 0 Å². The molecule has 4 heteroatoms. The molecule has 0 amide bonds. The summed E-state index contributed by atoms with van der Waals surface area (Å²) in [6, 6.07) is 107. The Bertz CT molecular complexity index is 4340. The largest absolute Gasteiger partial charge is 0.454 e. The van der Waals surface area contributed by atoms with E-state index in [0.717, 1.165) is 78.0 Å². The molecule has 2 aliphatic rings. The van der Waals surface area contributed by atoms with Crippen molar-refractivity contribution in [1.82, 2.24) is 0 Å². The van der Waals surface area contributed by atoms with Crippen LogP contribution in [0.25, 0.3) is 66.1 Å². The summed E-state index contributed by atoms with van der Waals surface area (Å²) < 4.78 is 13.8. The van der Waals surface area contributed by atoms with Crippen LogP contribution in [-0.4, -0.2) is 0 Å². The summed E-state index contributed by atoms with van der Waals surface area (Å²) in [7, 11) is 0. The molecule has 366 valence electrons. The van der Waals surface area contributed by atoms with Gasteiger partial charge in [0.15, 0.2) is 11.2 Å². The molecule has 0 saturated heterocycles. The summed E-state index contributed by atoms with van der Waals surface area (Å²) in [4.78, 5) is 4.79. The Morgan fingerprint density at radius 3 is 1.03 bits per heavy atom. The summed E-state index contributed by atoms with van der Waals surface area (Å²) in [6.45, 7) is 0. The Morgan fingerprint density at radius 1 is 0.244 bits per heavy atom. The minimum atomic E-state index is -0.873. The third-order valence-corrected chi connectivity index (χ3v) is 16.8. The fraction of sp³-hybridized carbons (Fsp3) is 0.0270. The van der Waals surface area contributed by atoms with Crippen molar-refractivity contribution in [3.8, 4) is 22.3 Å². The third-order valence-electron chi connectivity index (χ3n) is 16.8. The van der Waals surface area contributed by atoms with Crippen LogP contribution >= 0.6 is 0 Å². The van der Waals surface area contributed by atoms with Gasteiger partial charge in [-0.25, -0.2) is 0 Å². The van der Waals surface area contributed by atoms with Gasteiger partial charge >= 0.3 is 0 Å². The molecule has 12 aromatic carbocycles. The van der Waals surface area contributed by atoms with Crippen molar-refractivity contribution in [3.05, 3.63) is 325 Å². The molecule has 2 atom stereocenters. The number of hydrogen-bond donors (Lipinski definition) is 0. The van der Waals surface area contributed by atoms with E-state index in [2.05, 4.69) is 289 Å². The van der Waals surface area contributed by atoms with E-state index in [-0.39, 0.29) is 0 Å². The van der Waals surface area contributed by atoms with Crippen LogP contribution in [0.3, 0.4) is 0 Å². The first-order chi connectivity index (χ1) is 38.7. The number of anilines is 6. The van der Waals surface area contributed by atoms with Gasteiger partial charge in [0.2, 0.25) is 0 Å². The first kappa shape index (κ1) is 44.2. The van der Waals surface area contributed by atoms with Crippen molar-refractivity contribution in [3.63, 3.8) is 0 Å². The minimum absolute atomic E-state index is 0.842. The molecule has 4 nitrogen and oxygen atoms in total. The van der Waals surface area contributed by atoms with Crippen LogP contribution in [0.4, 0.5) is 34.1 Å². The van der Waals surface area contributed by atoms with E-state index >= 15 is 0 Å². The van der Waals surface area contributed by atoms with E-state index in [1.54, 1.807) is 0 Å². The Kier molecular flexibility index (Phi) is 9.73. The molecule has 0 aliphatic heterocycles. The lowest BCUT2D eigenvalue weighted by atomic mass is 9.49. The molecular formula is C74H48N2O2. The van der Waals surface area contributed by atoms with Crippen LogP contribution in [-0.2, 0) is 10.8 Å². The number of nitrogens with zero attached hydrogens (tertiary/aromatic N) is 2. The second-order valence-corrected chi connectivity index (χ2v) is 20.6. The van der Waals surface area contributed by atoms with Gasteiger partial charge in [0.05, 0.1) is 22.2 Å². The van der Waals surface area contributed by atoms with Crippen LogP contribution in [0.5, 0.6) is 0 Å². The molecule has 0 fully saturated rings. The Hall–Kier alpha value is -10.2. The number of para-hydroxylation sites is 6. The first-order valence-electron chi connectivity index (χ1n) is 26.8. The summed E-state index contributed by atoms with van der Waals surface area (Å²) in [5.74, 6) is 0. The summed E-state index contributed by atoms with van der Waals surface area (Å²) in [5, 5.41) is 4.35. The van der Waals surface area contributed by atoms with Crippen molar-refractivity contribution in [2.24, 2.45) is 0 Å². The predicted octanol–water partition coefficient (Wildman–Crippen LogP) is 19.8. The Balaban J connectivity index is 1.03. The maximum Gasteiger partial charge on any atom is 0.159 e. The molecule has 2 aromatic heterocycles. The van der Waals surface area contributed by atoms with Crippen molar-refractivity contribution < 1.29 is 8.83 Å². The molecule has 0 spiro atoms. The lowest BCUT2D eigenvalue weighted by Crippen LogP contribution is -2.50. The first-order valence-corrected chi connectivity index (χ1v) is 26.8. The van der Waals surface area contributed by atoms with Crippen molar-refractivity contribution >= 4 is 78.0 Å². The maximum absolute atomic E-state index is 6.88. The molecule has 0 radical (unpaired) electrons. The van der Waals surface area contributed by atoms with Crippen molar-refractivity contribution in [2.75, 3.05) is 9.80 Å². The van der Waals surface area contributed by atoms with E-state index in [9.17, 15) is 0 Å². The normalized spacial score (nSPS) is 16.1. The van der Waals surface area contributed by atoms with Gasteiger partial charge < -0.3 is 18.6 Å². The maximum atomic E-state index is 6.88. The molecular weight excluding hydrogens is 949 g/mol. The van der Waals surface area contributed by atoms with Gasteiger partial charge in [-0.1, -0.05) is 218 Å². The number of hydrogen-bond acceptors (Lipinski definition) is 4. The Morgan fingerprint density at radius 2 is 0.590 bits per heavy atom. The highest BCUT2D eigenvalue weighted by atomic mass is 16.3. The zero-order valence-electron chi connectivity index (χ0n) is 42.4.